The van der Waals surface area contributed by atoms with Gasteiger partial charge in [0.25, 0.3) is 0 Å². The maximum absolute atomic E-state index is 9.17. The molecule has 0 saturated heterocycles. The van der Waals surface area contributed by atoms with Crippen LogP contribution in [0.4, 0.5) is 0 Å². The normalized spacial score (nSPS) is 12.5. The third-order valence-electron chi connectivity index (χ3n) is 1.58. The van der Waals surface area contributed by atoms with Crippen molar-refractivity contribution in [2.75, 3.05) is 26.3 Å². The third-order valence-corrected chi connectivity index (χ3v) is 1.58. The van der Waals surface area contributed by atoms with Gasteiger partial charge < -0.3 is 20.4 Å². The van der Waals surface area contributed by atoms with Crippen LogP contribution in [-0.4, -0.2) is 57.5 Å². The molecule has 12 heavy (non-hydrogen) atoms. The Bertz CT molecular complexity index is 112. The van der Waals surface area contributed by atoms with Gasteiger partial charge >= 0.3 is 0 Å². The monoisotopic (exact) mass is 179 g/mol. The minimum atomic E-state index is -2.21. The second kappa shape index (κ2) is 5.45. The molecule has 0 rings (SSSR count). The molecule has 0 aliphatic rings. The number of hydrogen-bond acceptors (Lipinski definition) is 5. The Morgan fingerprint density at radius 1 is 1.17 bits per heavy atom. The van der Waals surface area contributed by atoms with Crippen LogP contribution in [0.25, 0.3) is 0 Å². The number of nitrogens with zero attached hydrogens (tertiary/aromatic N) is 1. The minimum Gasteiger partial charge on any atom is -0.395 e. The highest BCUT2D eigenvalue weighted by Crippen LogP contribution is 2.07. The SMILES string of the molecule is CCCN(CCO)C(O)(O)CO. The molecule has 0 aromatic heterocycles. The molecule has 74 valence electrons. The largest absolute Gasteiger partial charge is 0.395 e. The number of aliphatic hydroxyl groups excluding tert-OH is 2. The third kappa shape index (κ3) is 3.46. The minimum absolute atomic E-state index is 0.140. The molecule has 0 saturated carbocycles. The Morgan fingerprint density at radius 2 is 1.75 bits per heavy atom. The van der Waals surface area contributed by atoms with Crippen LogP contribution < -0.4 is 0 Å². The molecule has 0 aromatic carbocycles. The van der Waals surface area contributed by atoms with Gasteiger partial charge in [-0.05, 0) is 6.42 Å². The van der Waals surface area contributed by atoms with E-state index < -0.39 is 12.5 Å². The lowest BCUT2D eigenvalue weighted by Crippen LogP contribution is -2.52. The smallest absolute Gasteiger partial charge is 0.249 e. The zero-order chi connectivity index (χ0) is 9.61. The molecule has 0 aliphatic carbocycles. The highest BCUT2D eigenvalue weighted by Gasteiger charge is 2.29. The van der Waals surface area contributed by atoms with Gasteiger partial charge in [0, 0.05) is 13.1 Å². The first kappa shape index (κ1) is 11.8. The van der Waals surface area contributed by atoms with E-state index in [1.165, 1.54) is 4.90 Å². The van der Waals surface area contributed by atoms with Gasteiger partial charge in [0.05, 0.1) is 6.61 Å². The van der Waals surface area contributed by atoms with E-state index in [9.17, 15) is 0 Å². The van der Waals surface area contributed by atoms with Crippen molar-refractivity contribution in [1.29, 1.82) is 0 Å². The van der Waals surface area contributed by atoms with Crippen molar-refractivity contribution < 1.29 is 20.4 Å². The number of rotatable bonds is 6. The first-order valence-electron chi connectivity index (χ1n) is 4.00. The van der Waals surface area contributed by atoms with Gasteiger partial charge in [-0.1, -0.05) is 6.92 Å². The lowest BCUT2D eigenvalue weighted by Gasteiger charge is -2.32. The molecule has 0 bridgehead atoms. The molecule has 5 heteroatoms. The van der Waals surface area contributed by atoms with E-state index in [2.05, 4.69) is 0 Å². The van der Waals surface area contributed by atoms with Crippen molar-refractivity contribution in [2.24, 2.45) is 0 Å². The van der Waals surface area contributed by atoms with E-state index in [0.717, 1.165) is 6.42 Å². The maximum Gasteiger partial charge on any atom is 0.249 e. The quantitative estimate of drug-likeness (QED) is 0.366. The molecule has 5 nitrogen and oxygen atoms in total. The Kier molecular flexibility index (Phi) is 5.36. The van der Waals surface area contributed by atoms with Gasteiger partial charge in [0.2, 0.25) is 5.91 Å². The summed E-state index contributed by atoms with van der Waals surface area (Å²) in [6.07, 6.45) is 0.725. The molecule has 0 aromatic rings. The van der Waals surface area contributed by atoms with E-state index in [-0.39, 0.29) is 13.2 Å². The topological polar surface area (TPSA) is 84.2 Å². The molecular weight excluding hydrogens is 162 g/mol. The summed E-state index contributed by atoms with van der Waals surface area (Å²) in [5.74, 6) is -2.21. The van der Waals surface area contributed by atoms with E-state index in [1.807, 2.05) is 6.92 Å². The fraction of sp³-hybridized carbons (Fsp3) is 1.00. The lowest BCUT2D eigenvalue weighted by atomic mass is 10.3. The zero-order valence-corrected chi connectivity index (χ0v) is 7.27. The van der Waals surface area contributed by atoms with Gasteiger partial charge in [0.1, 0.15) is 6.61 Å². The predicted octanol–water partition coefficient (Wildman–Crippen LogP) is -1.68. The fourth-order valence-corrected chi connectivity index (χ4v) is 0.961. The molecule has 0 amide bonds. The van der Waals surface area contributed by atoms with E-state index >= 15 is 0 Å². The van der Waals surface area contributed by atoms with Crippen LogP contribution in [0.3, 0.4) is 0 Å². The molecule has 0 fully saturated rings. The summed E-state index contributed by atoms with van der Waals surface area (Å²) in [5, 5.41) is 35.5. The molecule has 0 atom stereocenters. The Hall–Kier alpha value is -0.200. The average Bonchev–Trinajstić information content (AvgIpc) is 2.04. The maximum atomic E-state index is 9.17. The predicted molar refractivity (Wildman–Crippen MR) is 43.2 cm³/mol. The van der Waals surface area contributed by atoms with Crippen LogP contribution in [0.1, 0.15) is 13.3 Å². The Labute approximate surface area is 71.9 Å². The highest BCUT2D eigenvalue weighted by atomic mass is 16.5. The van der Waals surface area contributed by atoms with Crippen LogP contribution in [-0.2, 0) is 0 Å². The summed E-state index contributed by atoms with van der Waals surface area (Å²) in [7, 11) is 0. The molecule has 0 spiro atoms. The van der Waals surface area contributed by atoms with Crippen molar-refractivity contribution >= 4 is 0 Å². The van der Waals surface area contributed by atoms with Crippen molar-refractivity contribution in [3.63, 3.8) is 0 Å². The summed E-state index contributed by atoms with van der Waals surface area (Å²) in [4.78, 5) is 1.22. The molecule has 0 unspecified atom stereocenters. The van der Waals surface area contributed by atoms with Gasteiger partial charge in [-0.15, -0.1) is 0 Å². The van der Waals surface area contributed by atoms with Gasteiger partial charge in [-0.3, -0.25) is 0 Å². The number of hydrogen-bond donors (Lipinski definition) is 4. The van der Waals surface area contributed by atoms with Crippen molar-refractivity contribution in [3.05, 3.63) is 0 Å². The Morgan fingerprint density at radius 3 is 2.08 bits per heavy atom. The first-order valence-corrected chi connectivity index (χ1v) is 4.00. The Balaban J connectivity index is 4.07. The van der Waals surface area contributed by atoms with Gasteiger partial charge in [0.15, 0.2) is 0 Å². The van der Waals surface area contributed by atoms with Crippen LogP contribution in [0.2, 0.25) is 0 Å². The highest BCUT2D eigenvalue weighted by molar-refractivity contribution is 4.66. The van der Waals surface area contributed by atoms with Crippen LogP contribution in [0.15, 0.2) is 0 Å². The summed E-state index contributed by atoms with van der Waals surface area (Å²) < 4.78 is 0. The van der Waals surface area contributed by atoms with Crippen molar-refractivity contribution in [1.82, 2.24) is 4.90 Å². The summed E-state index contributed by atoms with van der Waals surface area (Å²) in [6, 6.07) is 0. The molecule has 0 radical (unpaired) electrons. The van der Waals surface area contributed by atoms with Gasteiger partial charge in [-0.2, -0.15) is 0 Å². The lowest BCUT2D eigenvalue weighted by molar-refractivity contribution is -0.282. The number of aliphatic hydroxyl groups is 4. The first-order chi connectivity index (χ1) is 5.58. The molecular formula is C7H17NO4. The second-order valence-corrected chi connectivity index (χ2v) is 2.64. The van der Waals surface area contributed by atoms with Crippen molar-refractivity contribution in [3.8, 4) is 0 Å². The standard InChI is InChI=1S/C7H17NO4/c1-2-3-8(4-5-9)7(11,12)6-10/h9-12H,2-6H2,1H3. The molecule has 0 heterocycles. The summed E-state index contributed by atoms with van der Waals surface area (Å²) >= 11 is 0. The van der Waals surface area contributed by atoms with Crippen LogP contribution in [0, 0.1) is 0 Å². The van der Waals surface area contributed by atoms with E-state index in [0.29, 0.717) is 6.54 Å². The zero-order valence-electron chi connectivity index (χ0n) is 7.27. The van der Waals surface area contributed by atoms with E-state index in [4.69, 9.17) is 20.4 Å². The van der Waals surface area contributed by atoms with E-state index in [1.54, 1.807) is 0 Å². The fourth-order valence-electron chi connectivity index (χ4n) is 0.961. The average molecular weight is 179 g/mol. The second-order valence-electron chi connectivity index (χ2n) is 2.64. The molecule has 4 N–H and O–H groups in total. The summed E-state index contributed by atoms with van der Waals surface area (Å²) in [6.45, 7) is 1.52. The van der Waals surface area contributed by atoms with Crippen LogP contribution in [0.5, 0.6) is 0 Å². The molecule has 0 aliphatic heterocycles. The van der Waals surface area contributed by atoms with Crippen molar-refractivity contribution in [2.45, 2.75) is 19.3 Å². The van der Waals surface area contributed by atoms with Gasteiger partial charge in [-0.25, -0.2) is 4.90 Å². The van der Waals surface area contributed by atoms with Crippen LogP contribution >= 0.6 is 0 Å². The summed E-state index contributed by atoms with van der Waals surface area (Å²) in [5.41, 5.74) is 0.